The van der Waals surface area contributed by atoms with Gasteiger partial charge in [-0.15, -0.1) is 0 Å². The van der Waals surface area contributed by atoms with Crippen molar-refractivity contribution in [1.29, 1.82) is 0 Å². The van der Waals surface area contributed by atoms with Crippen LogP contribution in [0.4, 0.5) is 0 Å². The molecule has 9 heteroatoms. The molecule has 5 rings (SSSR count). The minimum Gasteiger partial charge on any atom is -0.508 e. The van der Waals surface area contributed by atoms with Crippen LogP contribution in [0.15, 0.2) is 57.1 Å². The maximum absolute atomic E-state index is 13.4. The van der Waals surface area contributed by atoms with Crippen LogP contribution < -0.4 is 0 Å². The van der Waals surface area contributed by atoms with Crippen LogP contribution in [0.25, 0.3) is 0 Å². The van der Waals surface area contributed by atoms with Crippen molar-refractivity contribution in [2.24, 2.45) is 17.8 Å². The summed E-state index contributed by atoms with van der Waals surface area (Å²) in [7, 11) is 0. The number of aliphatic carboxylic acids is 1. The summed E-state index contributed by atoms with van der Waals surface area (Å²) in [6, 6.07) is 4.87. The molecule has 2 amide bonds. The number of carbonyl (C=O) groups is 5. The van der Waals surface area contributed by atoms with Crippen molar-refractivity contribution in [3.63, 3.8) is 0 Å². The molecule has 4 atom stereocenters. The highest BCUT2D eigenvalue weighted by Gasteiger charge is 2.56. The summed E-state index contributed by atoms with van der Waals surface area (Å²) in [5.74, 6) is -5.24. The van der Waals surface area contributed by atoms with Gasteiger partial charge < -0.3 is 10.2 Å². The SMILES string of the molecule is CC1=CC(=O)C2=C(C[C@@H]3C(=CC[C@@H]4C(=O)N(CCC(=O)O)C(=O)[C@@H]43)[C@@H]2c2cc(Br)ccc2O)C1=O. The van der Waals surface area contributed by atoms with Crippen LogP contribution in [0.3, 0.4) is 0 Å². The molecule has 0 bridgehead atoms. The summed E-state index contributed by atoms with van der Waals surface area (Å²) in [6.07, 6.45) is 3.22. The Morgan fingerprint density at radius 2 is 1.89 bits per heavy atom. The summed E-state index contributed by atoms with van der Waals surface area (Å²) in [4.78, 5) is 64.9. The van der Waals surface area contributed by atoms with Gasteiger partial charge in [0.1, 0.15) is 5.75 Å². The topological polar surface area (TPSA) is 129 Å². The third-order valence-corrected chi connectivity index (χ3v) is 8.00. The van der Waals surface area contributed by atoms with E-state index in [1.807, 2.05) is 6.08 Å². The highest BCUT2D eigenvalue weighted by atomic mass is 79.9. The zero-order valence-corrected chi connectivity index (χ0v) is 20.4. The minimum atomic E-state index is -1.11. The fourth-order valence-electron chi connectivity index (χ4n) is 5.99. The van der Waals surface area contributed by atoms with E-state index in [2.05, 4.69) is 15.9 Å². The molecule has 1 heterocycles. The first-order valence-corrected chi connectivity index (χ1v) is 12.1. The number of aromatic hydroxyl groups is 1. The summed E-state index contributed by atoms with van der Waals surface area (Å²) in [5, 5.41) is 19.8. The van der Waals surface area contributed by atoms with E-state index in [0.717, 1.165) is 10.5 Å². The van der Waals surface area contributed by atoms with Crippen LogP contribution in [-0.2, 0) is 24.0 Å². The molecule has 1 aliphatic heterocycles. The number of hydrogen-bond acceptors (Lipinski definition) is 6. The van der Waals surface area contributed by atoms with E-state index in [0.29, 0.717) is 26.8 Å². The second-order valence-corrected chi connectivity index (χ2v) is 10.3. The molecule has 180 valence electrons. The van der Waals surface area contributed by atoms with E-state index in [4.69, 9.17) is 5.11 Å². The first-order valence-electron chi connectivity index (χ1n) is 11.4. The normalized spacial score (nSPS) is 27.9. The lowest BCUT2D eigenvalue weighted by Gasteiger charge is -2.42. The highest BCUT2D eigenvalue weighted by molar-refractivity contribution is 9.10. The highest BCUT2D eigenvalue weighted by Crippen LogP contribution is 2.56. The summed E-state index contributed by atoms with van der Waals surface area (Å²) >= 11 is 3.41. The second-order valence-electron chi connectivity index (χ2n) is 9.40. The Morgan fingerprint density at radius 1 is 1.14 bits per heavy atom. The van der Waals surface area contributed by atoms with Crippen LogP contribution >= 0.6 is 15.9 Å². The first-order chi connectivity index (χ1) is 16.6. The molecule has 0 spiro atoms. The predicted molar refractivity (Wildman–Crippen MR) is 126 cm³/mol. The number of amides is 2. The Balaban J connectivity index is 1.65. The average molecular weight is 540 g/mol. The first kappa shape index (κ1) is 23.4. The number of carboxylic acid groups (broad SMARTS) is 1. The van der Waals surface area contributed by atoms with Gasteiger partial charge in [-0.25, -0.2) is 0 Å². The lowest BCUT2D eigenvalue weighted by molar-refractivity contribution is -0.142. The van der Waals surface area contributed by atoms with E-state index >= 15 is 0 Å². The number of benzene rings is 1. The van der Waals surface area contributed by atoms with Gasteiger partial charge in [-0.05, 0) is 50.0 Å². The van der Waals surface area contributed by atoms with Gasteiger partial charge in [0, 0.05) is 39.2 Å². The van der Waals surface area contributed by atoms with Crippen LogP contribution in [0.2, 0.25) is 0 Å². The molecule has 8 nitrogen and oxygen atoms in total. The molecule has 1 aromatic carbocycles. The van der Waals surface area contributed by atoms with Gasteiger partial charge in [0.15, 0.2) is 11.6 Å². The molecular formula is C26H22BrNO7. The van der Waals surface area contributed by atoms with Gasteiger partial charge in [0.05, 0.1) is 18.3 Å². The van der Waals surface area contributed by atoms with Crippen LogP contribution in [0, 0.1) is 17.8 Å². The predicted octanol–water partition coefficient (Wildman–Crippen LogP) is 3.06. The number of ketones is 2. The van der Waals surface area contributed by atoms with Gasteiger partial charge in [0.25, 0.3) is 0 Å². The number of likely N-dealkylation sites (tertiary alicyclic amines) is 1. The van der Waals surface area contributed by atoms with Gasteiger partial charge in [0.2, 0.25) is 11.8 Å². The van der Waals surface area contributed by atoms with Crippen molar-refractivity contribution in [3.05, 3.63) is 62.7 Å². The Hall–Kier alpha value is -3.33. The van der Waals surface area contributed by atoms with E-state index in [1.165, 1.54) is 12.1 Å². The molecule has 3 aliphatic carbocycles. The quantitative estimate of drug-likeness (QED) is 0.341. The van der Waals surface area contributed by atoms with Crippen molar-refractivity contribution in [1.82, 2.24) is 4.90 Å². The lowest BCUT2D eigenvalue weighted by atomic mass is 9.59. The smallest absolute Gasteiger partial charge is 0.305 e. The number of hydrogen-bond donors (Lipinski definition) is 2. The van der Waals surface area contributed by atoms with Gasteiger partial charge in [-0.2, -0.15) is 0 Å². The Kier molecular flexibility index (Phi) is 5.62. The number of phenols is 1. The lowest BCUT2D eigenvalue weighted by Crippen LogP contribution is -2.40. The fourth-order valence-corrected chi connectivity index (χ4v) is 6.37. The van der Waals surface area contributed by atoms with E-state index in [1.54, 1.807) is 19.1 Å². The molecule has 0 aromatic heterocycles. The minimum absolute atomic E-state index is 0.0443. The van der Waals surface area contributed by atoms with Crippen molar-refractivity contribution in [3.8, 4) is 5.75 Å². The number of carbonyl (C=O) groups excluding carboxylic acids is 4. The van der Waals surface area contributed by atoms with Crippen molar-refractivity contribution in [2.75, 3.05) is 6.54 Å². The monoisotopic (exact) mass is 539 g/mol. The number of halogens is 1. The maximum Gasteiger partial charge on any atom is 0.305 e. The van der Waals surface area contributed by atoms with E-state index < -0.39 is 41.5 Å². The summed E-state index contributed by atoms with van der Waals surface area (Å²) in [5.41, 5.74) is 2.09. The third kappa shape index (κ3) is 3.60. The molecule has 4 aliphatic rings. The number of rotatable bonds is 4. The maximum atomic E-state index is 13.4. The molecule has 35 heavy (non-hydrogen) atoms. The standard InChI is InChI=1S/C26H22BrNO7/c1-11-8-19(30)23-17(24(11)33)10-15-13(21(23)16-9-12(27)2-5-18(16)29)3-4-14-22(15)26(35)28(25(14)34)7-6-20(31)32/h2-3,5,8-9,14-15,21-22,29H,4,6-7,10H2,1H3,(H,31,32)/t14-,15+,21+,22-/m0/s1. The number of imide groups is 1. The Bertz CT molecular complexity index is 1320. The number of Topliss-reactive ketones (excluding diaryl/α,β-unsaturated/α-hetero) is 1. The molecule has 1 saturated heterocycles. The zero-order valence-electron chi connectivity index (χ0n) is 18.8. The van der Waals surface area contributed by atoms with Crippen molar-refractivity contribution < 1.29 is 34.2 Å². The Morgan fingerprint density at radius 3 is 2.60 bits per heavy atom. The molecule has 1 fully saturated rings. The number of fused-ring (bicyclic) bond motifs is 3. The van der Waals surface area contributed by atoms with Crippen LogP contribution in [-0.4, -0.2) is 51.0 Å². The van der Waals surface area contributed by atoms with Crippen LogP contribution in [0.5, 0.6) is 5.75 Å². The molecule has 0 radical (unpaired) electrons. The third-order valence-electron chi connectivity index (χ3n) is 7.50. The number of carboxylic acids is 1. The van der Waals surface area contributed by atoms with Gasteiger partial charge >= 0.3 is 5.97 Å². The number of nitrogens with zero attached hydrogens (tertiary/aromatic N) is 1. The second kappa shape index (κ2) is 8.41. The number of allylic oxidation sites excluding steroid dienone is 6. The summed E-state index contributed by atoms with van der Waals surface area (Å²) < 4.78 is 0.678. The summed E-state index contributed by atoms with van der Waals surface area (Å²) in [6.45, 7) is 1.37. The van der Waals surface area contributed by atoms with Gasteiger partial charge in [-0.3, -0.25) is 28.9 Å². The molecular weight excluding hydrogens is 518 g/mol. The zero-order chi connectivity index (χ0) is 25.2. The fraction of sp³-hybridized carbons (Fsp3) is 0.346. The number of phenolic OH excluding ortho intramolecular Hbond substituents is 1. The van der Waals surface area contributed by atoms with E-state index in [-0.39, 0.29) is 43.1 Å². The van der Waals surface area contributed by atoms with E-state index in [9.17, 15) is 29.1 Å². The largest absolute Gasteiger partial charge is 0.508 e. The molecule has 2 N–H and O–H groups in total. The Labute approximate surface area is 209 Å². The molecule has 0 saturated carbocycles. The average Bonchev–Trinajstić information content (AvgIpc) is 3.06. The van der Waals surface area contributed by atoms with Crippen molar-refractivity contribution in [2.45, 2.75) is 32.1 Å². The van der Waals surface area contributed by atoms with Gasteiger partial charge in [-0.1, -0.05) is 27.6 Å². The van der Waals surface area contributed by atoms with Crippen molar-refractivity contribution >= 4 is 45.3 Å². The molecule has 1 aromatic rings. The van der Waals surface area contributed by atoms with Crippen LogP contribution in [0.1, 0.15) is 37.7 Å². The molecule has 0 unspecified atom stereocenters.